The molecule has 0 N–H and O–H groups in total. The highest BCUT2D eigenvalue weighted by atomic mass is 16.5. The van der Waals surface area contributed by atoms with Crippen molar-refractivity contribution in [1.82, 2.24) is 0 Å². The number of rotatable bonds is 1. The zero-order chi connectivity index (χ0) is 10.7. The van der Waals surface area contributed by atoms with E-state index in [0.29, 0.717) is 5.78 Å². The van der Waals surface area contributed by atoms with Gasteiger partial charge >= 0.3 is 0 Å². The van der Waals surface area contributed by atoms with E-state index < -0.39 is 0 Å². The van der Waals surface area contributed by atoms with E-state index in [9.17, 15) is 4.79 Å². The Hall–Kier alpha value is -0.370. The standard InChI is InChI=1S/C13H22O2/c1-15-12-8-4-6-10-13(12)9-5-2-3-7-11(13)14/h12H,2-10H2,1H3/t12-,13-/m1/s1. The molecule has 2 nitrogen and oxygen atoms in total. The van der Waals surface area contributed by atoms with Crippen molar-refractivity contribution in [1.29, 1.82) is 0 Å². The molecule has 2 aliphatic rings. The van der Waals surface area contributed by atoms with Crippen LogP contribution < -0.4 is 0 Å². The quantitative estimate of drug-likeness (QED) is 0.664. The predicted molar refractivity (Wildman–Crippen MR) is 59.8 cm³/mol. The lowest BCUT2D eigenvalue weighted by Crippen LogP contribution is -2.45. The summed E-state index contributed by atoms with van der Waals surface area (Å²) < 4.78 is 5.59. The van der Waals surface area contributed by atoms with Crippen molar-refractivity contribution in [2.75, 3.05) is 7.11 Å². The van der Waals surface area contributed by atoms with Gasteiger partial charge in [0.2, 0.25) is 0 Å². The number of methoxy groups -OCH3 is 1. The fraction of sp³-hybridized carbons (Fsp3) is 0.923. The van der Waals surface area contributed by atoms with Gasteiger partial charge in [0.15, 0.2) is 0 Å². The van der Waals surface area contributed by atoms with E-state index in [2.05, 4.69) is 0 Å². The topological polar surface area (TPSA) is 26.3 Å². The van der Waals surface area contributed by atoms with E-state index >= 15 is 0 Å². The molecule has 0 saturated heterocycles. The Labute approximate surface area is 92.4 Å². The Morgan fingerprint density at radius 1 is 1.13 bits per heavy atom. The maximum Gasteiger partial charge on any atom is 0.141 e. The molecular formula is C13H22O2. The smallest absolute Gasteiger partial charge is 0.141 e. The highest BCUT2D eigenvalue weighted by Gasteiger charge is 2.46. The average molecular weight is 210 g/mol. The minimum absolute atomic E-state index is 0.0938. The van der Waals surface area contributed by atoms with Crippen LogP contribution in [0.1, 0.15) is 57.8 Å². The summed E-state index contributed by atoms with van der Waals surface area (Å²) in [7, 11) is 1.77. The van der Waals surface area contributed by atoms with Crippen molar-refractivity contribution in [2.45, 2.75) is 63.9 Å². The molecule has 15 heavy (non-hydrogen) atoms. The van der Waals surface area contributed by atoms with Crippen molar-refractivity contribution in [3.63, 3.8) is 0 Å². The first-order valence-electron chi connectivity index (χ1n) is 6.36. The Bertz CT molecular complexity index is 237. The molecule has 0 heterocycles. The monoisotopic (exact) mass is 210 g/mol. The van der Waals surface area contributed by atoms with Gasteiger partial charge in [-0.05, 0) is 25.7 Å². The van der Waals surface area contributed by atoms with E-state index in [1.54, 1.807) is 7.11 Å². The van der Waals surface area contributed by atoms with Gasteiger partial charge in [0, 0.05) is 13.5 Å². The minimum Gasteiger partial charge on any atom is -0.380 e. The van der Waals surface area contributed by atoms with Crippen LogP contribution in [0, 0.1) is 5.41 Å². The molecule has 0 aromatic carbocycles. The summed E-state index contributed by atoms with van der Waals surface area (Å²) in [5.74, 6) is 0.492. The first-order chi connectivity index (χ1) is 7.29. The molecule has 2 fully saturated rings. The number of hydrogen-bond acceptors (Lipinski definition) is 2. The molecule has 86 valence electrons. The molecule has 0 aliphatic heterocycles. The van der Waals surface area contributed by atoms with Crippen LogP contribution in [-0.2, 0) is 9.53 Å². The molecule has 2 atom stereocenters. The summed E-state index contributed by atoms with van der Waals surface area (Å²) >= 11 is 0. The highest BCUT2D eigenvalue weighted by Crippen LogP contribution is 2.45. The first-order valence-corrected chi connectivity index (χ1v) is 6.36. The van der Waals surface area contributed by atoms with E-state index in [1.807, 2.05) is 0 Å². The van der Waals surface area contributed by atoms with E-state index in [0.717, 1.165) is 32.1 Å². The van der Waals surface area contributed by atoms with Gasteiger partial charge in [-0.1, -0.05) is 25.7 Å². The summed E-state index contributed by atoms with van der Waals surface area (Å²) in [6.45, 7) is 0. The molecule has 0 aromatic rings. The van der Waals surface area contributed by atoms with Crippen LogP contribution in [-0.4, -0.2) is 19.0 Å². The molecule has 1 spiro atoms. The Kier molecular flexibility index (Phi) is 3.45. The molecule has 0 aromatic heterocycles. The normalized spacial score (nSPS) is 37.9. The summed E-state index contributed by atoms with van der Waals surface area (Å²) in [5, 5.41) is 0. The van der Waals surface area contributed by atoms with Gasteiger partial charge in [-0.15, -0.1) is 0 Å². The van der Waals surface area contributed by atoms with Crippen molar-refractivity contribution < 1.29 is 9.53 Å². The average Bonchev–Trinajstić information content (AvgIpc) is 2.44. The maximum absolute atomic E-state index is 12.3. The number of Topliss-reactive ketones (excluding diaryl/α,β-unsaturated/α-hetero) is 1. The Morgan fingerprint density at radius 3 is 2.60 bits per heavy atom. The third kappa shape index (κ3) is 1.96. The van der Waals surface area contributed by atoms with E-state index in [-0.39, 0.29) is 11.5 Å². The van der Waals surface area contributed by atoms with Crippen LogP contribution in [0.3, 0.4) is 0 Å². The Balaban J connectivity index is 2.21. The van der Waals surface area contributed by atoms with E-state index in [4.69, 9.17) is 4.74 Å². The minimum atomic E-state index is -0.0938. The maximum atomic E-state index is 12.3. The van der Waals surface area contributed by atoms with Gasteiger partial charge in [-0.25, -0.2) is 0 Å². The number of ketones is 1. The van der Waals surface area contributed by atoms with Crippen LogP contribution in [0.2, 0.25) is 0 Å². The van der Waals surface area contributed by atoms with Gasteiger partial charge in [0.25, 0.3) is 0 Å². The summed E-state index contributed by atoms with van der Waals surface area (Å²) in [6, 6.07) is 0. The van der Waals surface area contributed by atoms with Gasteiger partial charge in [0.1, 0.15) is 5.78 Å². The van der Waals surface area contributed by atoms with Crippen LogP contribution in [0.25, 0.3) is 0 Å². The second kappa shape index (κ2) is 4.65. The third-order valence-corrected chi connectivity index (χ3v) is 4.32. The van der Waals surface area contributed by atoms with Gasteiger partial charge in [0.05, 0.1) is 11.5 Å². The van der Waals surface area contributed by atoms with Crippen molar-refractivity contribution in [2.24, 2.45) is 5.41 Å². The molecule has 2 rings (SSSR count). The number of hydrogen-bond donors (Lipinski definition) is 0. The zero-order valence-electron chi connectivity index (χ0n) is 9.76. The van der Waals surface area contributed by atoms with Crippen molar-refractivity contribution in [3.8, 4) is 0 Å². The second-order valence-electron chi connectivity index (χ2n) is 5.11. The SMILES string of the molecule is CO[C@@H]1CCCC[C@@]12CCCCCC2=O. The van der Waals surface area contributed by atoms with Crippen LogP contribution >= 0.6 is 0 Å². The van der Waals surface area contributed by atoms with Crippen LogP contribution in [0.15, 0.2) is 0 Å². The fourth-order valence-electron chi connectivity index (χ4n) is 3.45. The van der Waals surface area contributed by atoms with Gasteiger partial charge in [-0.2, -0.15) is 0 Å². The lowest BCUT2D eigenvalue weighted by atomic mass is 9.66. The molecule has 2 heteroatoms. The molecule has 0 bridgehead atoms. The fourth-order valence-corrected chi connectivity index (χ4v) is 3.45. The van der Waals surface area contributed by atoms with Crippen LogP contribution in [0.5, 0.6) is 0 Å². The van der Waals surface area contributed by atoms with Crippen molar-refractivity contribution >= 4 is 5.78 Å². The summed E-state index contributed by atoms with van der Waals surface area (Å²) in [4.78, 5) is 12.3. The third-order valence-electron chi connectivity index (χ3n) is 4.32. The van der Waals surface area contributed by atoms with E-state index in [1.165, 1.54) is 25.7 Å². The number of carbonyl (C=O) groups excluding carboxylic acids is 1. The molecule has 2 aliphatic carbocycles. The van der Waals surface area contributed by atoms with Gasteiger partial charge < -0.3 is 4.74 Å². The van der Waals surface area contributed by atoms with Gasteiger partial charge in [-0.3, -0.25) is 4.79 Å². The molecule has 0 unspecified atom stereocenters. The second-order valence-corrected chi connectivity index (χ2v) is 5.11. The number of carbonyl (C=O) groups is 1. The highest BCUT2D eigenvalue weighted by molar-refractivity contribution is 5.85. The van der Waals surface area contributed by atoms with Crippen LogP contribution in [0.4, 0.5) is 0 Å². The largest absolute Gasteiger partial charge is 0.380 e. The molecular weight excluding hydrogens is 188 g/mol. The lowest BCUT2D eigenvalue weighted by Gasteiger charge is -2.41. The summed E-state index contributed by atoms with van der Waals surface area (Å²) in [6.07, 6.45) is 10.2. The first kappa shape index (κ1) is 11.1. The Morgan fingerprint density at radius 2 is 1.87 bits per heavy atom. The molecule has 0 radical (unpaired) electrons. The number of ether oxygens (including phenoxy) is 1. The predicted octanol–water partition coefficient (Wildman–Crippen LogP) is 3.10. The molecule has 0 amide bonds. The molecule has 2 saturated carbocycles. The lowest BCUT2D eigenvalue weighted by molar-refractivity contribution is -0.142. The van der Waals surface area contributed by atoms with Crippen molar-refractivity contribution in [3.05, 3.63) is 0 Å². The zero-order valence-corrected chi connectivity index (χ0v) is 9.76. The summed E-state index contributed by atoms with van der Waals surface area (Å²) in [5.41, 5.74) is -0.0938.